The highest BCUT2D eigenvalue weighted by Crippen LogP contribution is 2.39. The molecule has 1 aliphatic rings. The van der Waals surface area contributed by atoms with Gasteiger partial charge in [-0.05, 0) is 44.7 Å². The lowest BCUT2D eigenvalue weighted by Gasteiger charge is -2.28. The third-order valence-electron chi connectivity index (χ3n) is 4.65. The number of rotatable bonds is 6. The summed E-state index contributed by atoms with van der Waals surface area (Å²) >= 11 is 0. The van der Waals surface area contributed by atoms with Crippen molar-refractivity contribution in [3.8, 4) is 17.1 Å². The maximum atomic E-state index is 12.6. The first-order valence-corrected chi connectivity index (χ1v) is 8.11. The molecule has 0 spiro atoms. The quantitative estimate of drug-likeness (QED) is 0.759. The molecule has 1 aromatic heterocycles. The maximum Gasteiger partial charge on any atom is 0.272 e. The monoisotopic (exact) mass is 329 g/mol. The lowest BCUT2D eigenvalue weighted by Crippen LogP contribution is -2.51. The third-order valence-corrected chi connectivity index (χ3v) is 4.65. The smallest absolute Gasteiger partial charge is 0.272 e. The molecule has 1 fully saturated rings. The lowest BCUT2D eigenvalue weighted by molar-refractivity contribution is 0.0819. The van der Waals surface area contributed by atoms with Crippen LogP contribution in [0.2, 0.25) is 0 Å². The number of aliphatic hydroxyl groups is 1. The highest BCUT2D eigenvalue weighted by Gasteiger charge is 2.42. The summed E-state index contributed by atoms with van der Waals surface area (Å²) < 4.78 is 5.23. The number of nitrogens with zero attached hydrogens (tertiary/aromatic N) is 1. The normalized spacial score (nSPS) is 16.5. The van der Waals surface area contributed by atoms with Gasteiger partial charge in [-0.2, -0.15) is 0 Å². The van der Waals surface area contributed by atoms with Crippen molar-refractivity contribution < 1.29 is 14.6 Å². The molecule has 1 saturated carbocycles. The second kappa shape index (κ2) is 6.28. The minimum absolute atomic E-state index is 0.0738. The number of carbonyl (C=O) groups is 1. The van der Waals surface area contributed by atoms with E-state index >= 15 is 0 Å². The van der Waals surface area contributed by atoms with Crippen LogP contribution in [0.25, 0.3) is 11.4 Å². The van der Waals surface area contributed by atoms with E-state index in [0.29, 0.717) is 23.1 Å². The third kappa shape index (κ3) is 3.14. The van der Waals surface area contributed by atoms with Crippen LogP contribution in [0.4, 0.5) is 0 Å². The molecule has 24 heavy (non-hydrogen) atoms. The maximum absolute atomic E-state index is 12.6. The van der Waals surface area contributed by atoms with Crippen molar-refractivity contribution in [3.05, 3.63) is 35.7 Å². The molecule has 3 N–H and O–H groups in total. The summed E-state index contributed by atoms with van der Waals surface area (Å²) in [5.41, 5.74) is 1.32. The van der Waals surface area contributed by atoms with Crippen LogP contribution in [0.3, 0.4) is 0 Å². The fourth-order valence-electron chi connectivity index (χ4n) is 2.90. The minimum Gasteiger partial charge on any atom is -0.497 e. The Kier molecular flexibility index (Phi) is 4.32. The molecule has 2 aromatic rings. The highest BCUT2D eigenvalue weighted by molar-refractivity contribution is 5.94. The Morgan fingerprint density at radius 1 is 1.50 bits per heavy atom. The molecule has 0 radical (unpaired) electrons. The zero-order valence-electron chi connectivity index (χ0n) is 14.2. The summed E-state index contributed by atoms with van der Waals surface area (Å²) in [6, 6.07) is 7.50. The van der Waals surface area contributed by atoms with Crippen molar-refractivity contribution >= 4 is 5.91 Å². The molecule has 3 rings (SSSR count). The topological polar surface area (TPSA) is 87.2 Å². The van der Waals surface area contributed by atoms with Crippen LogP contribution >= 0.6 is 0 Å². The number of carbonyl (C=O) groups excluding carboxylic acids is 1. The summed E-state index contributed by atoms with van der Waals surface area (Å²) in [4.78, 5) is 20.2. The van der Waals surface area contributed by atoms with Gasteiger partial charge >= 0.3 is 0 Å². The van der Waals surface area contributed by atoms with E-state index in [1.54, 1.807) is 7.11 Å². The number of benzene rings is 1. The van der Waals surface area contributed by atoms with Crippen LogP contribution in [0.5, 0.6) is 5.75 Å². The number of aromatic amines is 1. The van der Waals surface area contributed by atoms with Crippen LogP contribution in [0.1, 0.15) is 35.9 Å². The van der Waals surface area contributed by atoms with Gasteiger partial charge in [0.15, 0.2) is 0 Å². The van der Waals surface area contributed by atoms with Crippen molar-refractivity contribution in [2.45, 2.75) is 32.2 Å². The molecule has 1 amide bonds. The molecule has 6 heteroatoms. The standard InChI is InChI=1S/C18H23N3O3/c1-11-15(17(23)21-18(2,10-22)13-7-8-13)20-16(19-11)12-5-4-6-14(9-12)24-3/h4-6,9,13,22H,7-8,10H2,1-3H3,(H,19,20)(H,21,23). The first-order chi connectivity index (χ1) is 11.5. The van der Waals surface area contributed by atoms with E-state index in [9.17, 15) is 9.90 Å². The van der Waals surface area contributed by atoms with Crippen LogP contribution in [-0.2, 0) is 0 Å². The van der Waals surface area contributed by atoms with E-state index in [4.69, 9.17) is 4.74 Å². The molecular formula is C18H23N3O3. The van der Waals surface area contributed by atoms with Gasteiger partial charge in [0.2, 0.25) is 0 Å². The highest BCUT2D eigenvalue weighted by atomic mass is 16.5. The van der Waals surface area contributed by atoms with Gasteiger partial charge in [0.25, 0.3) is 5.91 Å². The SMILES string of the molecule is COc1cccc(-c2nc(C(=O)NC(C)(CO)C3CC3)c(C)[nH]2)c1. The Bertz CT molecular complexity index is 752. The van der Waals surface area contributed by atoms with Crippen molar-refractivity contribution in [2.24, 2.45) is 5.92 Å². The van der Waals surface area contributed by atoms with E-state index in [0.717, 1.165) is 24.2 Å². The number of imidazole rings is 1. The Labute approximate surface area is 141 Å². The fourth-order valence-corrected chi connectivity index (χ4v) is 2.90. The van der Waals surface area contributed by atoms with Gasteiger partial charge in [0, 0.05) is 11.3 Å². The number of ether oxygens (including phenoxy) is 1. The van der Waals surface area contributed by atoms with Crippen molar-refractivity contribution in [2.75, 3.05) is 13.7 Å². The van der Waals surface area contributed by atoms with Gasteiger partial charge in [-0.15, -0.1) is 0 Å². The average Bonchev–Trinajstić information content (AvgIpc) is 3.37. The largest absolute Gasteiger partial charge is 0.497 e. The summed E-state index contributed by atoms with van der Waals surface area (Å²) in [5, 5.41) is 12.6. The van der Waals surface area contributed by atoms with E-state index < -0.39 is 5.54 Å². The first kappa shape index (κ1) is 16.5. The molecule has 1 unspecified atom stereocenters. The predicted molar refractivity (Wildman–Crippen MR) is 91.0 cm³/mol. The first-order valence-electron chi connectivity index (χ1n) is 8.11. The van der Waals surface area contributed by atoms with Crippen LogP contribution in [0.15, 0.2) is 24.3 Å². The van der Waals surface area contributed by atoms with Crippen LogP contribution < -0.4 is 10.1 Å². The Morgan fingerprint density at radius 3 is 2.88 bits per heavy atom. The summed E-state index contributed by atoms with van der Waals surface area (Å²) in [5.74, 6) is 1.42. The predicted octanol–water partition coefficient (Wildman–Crippen LogP) is 2.28. The van der Waals surface area contributed by atoms with Gasteiger partial charge in [0.1, 0.15) is 17.3 Å². The molecule has 6 nitrogen and oxygen atoms in total. The van der Waals surface area contributed by atoms with Gasteiger partial charge < -0.3 is 20.1 Å². The number of hydrogen-bond donors (Lipinski definition) is 3. The fraction of sp³-hybridized carbons (Fsp3) is 0.444. The summed E-state index contributed by atoms with van der Waals surface area (Å²) in [6.07, 6.45) is 2.07. The van der Waals surface area contributed by atoms with Gasteiger partial charge in [-0.3, -0.25) is 4.79 Å². The van der Waals surface area contributed by atoms with Crippen molar-refractivity contribution in [1.29, 1.82) is 0 Å². The zero-order valence-corrected chi connectivity index (χ0v) is 14.2. The molecule has 1 aromatic carbocycles. The summed E-state index contributed by atoms with van der Waals surface area (Å²) in [6.45, 7) is 3.63. The van der Waals surface area contributed by atoms with Gasteiger partial charge in [0.05, 0.1) is 19.3 Å². The number of nitrogens with one attached hydrogen (secondary N) is 2. The molecule has 1 atom stereocenters. The zero-order chi connectivity index (χ0) is 17.3. The molecule has 0 saturated heterocycles. The minimum atomic E-state index is -0.585. The molecule has 1 heterocycles. The van der Waals surface area contributed by atoms with Crippen LogP contribution in [0, 0.1) is 12.8 Å². The summed E-state index contributed by atoms with van der Waals surface area (Å²) in [7, 11) is 1.61. The molecule has 1 aliphatic carbocycles. The van der Waals surface area contributed by atoms with Crippen LogP contribution in [-0.4, -0.2) is 40.2 Å². The number of hydrogen-bond acceptors (Lipinski definition) is 4. The number of aryl methyl sites for hydroxylation is 1. The van der Waals surface area contributed by atoms with E-state index in [2.05, 4.69) is 15.3 Å². The Hall–Kier alpha value is -2.34. The van der Waals surface area contributed by atoms with Crippen molar-refractivity contribution in [3.63, 3.8) is 0 Å². The Morgan fingerprint density at radius 2 is 2.25 bits per heavy atom. The lowest BCUT2D eigenvalue weighted by atomic mass is 9.96. The second-order valence-electron chi connectivity index (χ2n) is 6.59. The average molecular weight is 329 g/mol. The van der Waals surface area contributed by atoms with E-state index in [1.165, 1.54) is 0 Å². The Balaban J connectivity index is 1.84. The second-order valence-corrected chi connectivity index (χ2v) is 6.59. The number of aliphatic hydroxyl groups excluding tert-OH is 1. The number of amides is 1. The number of H-pyrrole nitrogens is 1. The molecule has 128 valence electrons. The van der Waals surface area contributed by atoms with E-state index in [1.807, 2.05) is 38.1 Å². The van der Waals surface area contributed by atoms with Crippen molar-refractivity contribution in [1.82, 2.24) is 15.3 Å². The van der Waals surface area contributed by atoms with E-state index in [-0.39, 0.29) is 12.5 Å². The molecular weight excluding hydrogens is 306 g/mol. The molecule has 0 bridgehead atoms. The van der Waals surface area contributed by atoms with Gasteiger partial charge in [-0.1, -0.05) is 12.1 Å². The number of aromatic nitrogens is 2. The number of methoxy groups -OCH3 is 1. The molecule has 0 aliphatic heterocycles. The van der Waals surface area contributed by atoms with Gasteiger partial charge in [-0.25, -0.2) is 4.98 Å².